The highest BCUT2D eigenvalue weighted by Gasteiger charge is 2.46. The van der Waals surface area contributed by atoms with E-state index < -0.39 is 17.7 Å². The maximum atomic E-state index is 13.2. The minimum Gasteiger partial charge on any atom is -0.507 e. The zero-order valence-corrected chi connectivity index (χ0v) is 18.7. The van der Waals surface area contributed by atoms with E-state index >= 15 is 0 Å². The molecule has 1 atom stereocenters. The van der Waals surface area contributed by atoms with E-state index in [0.29, 0.717) is 30.3 Å². The van der Waals surface area contributed by atoms with Crippen molar-refractivity contribution in [3.05, 3.63) is 94.8 Å². The molecule has 5 rings (SSSR count). The summed E-state index contributed by atoms with van der Waals surface area (Å²) in [5, 5.41) is 11.3. The third-order valence-corrected chi connectivity index (χ3v) is 6.13. The predicted octanol–water partition coefficient (Wildman–Crippen LogP) is 4.04. The fraction of sp³-hybridized carbons (Fsp3) is 0.222. The van der Waals surface area contributed by atoms with Crippen molar-refractivity contribution in [1.82, 2.24) is 9.88 Å². The summed E-state index contributed by atoms with van der Waals surface area (Å²) in [5.41, 5.74) is 3.12. The lowest BCUT2D eigenvalue weighted by Gasteiger charge is -2.25. The molecule has 1 N–H and O–H groups in total. The maximum Gasteiger partial charge on any atom is 0.295 e. The monoisotopic (exact) mass is 456 g/mol. The fourth-order valence-electron chi connectivity index (χ4n) is 4.36. The van der Waals surface area contributed by atoms with Crippen LogP contribution in [0.1, 0.15) is 35.2 Å². The van der Waals surface area contributed by atoms with Gasteiger partial charge in [0, 0.05) is 24.5 Å². The molecule has 2 aliphatic rings. The molecular formula is C27H24N2O5. The third kappa shape index (κ3) is 3.90. The van der Waals surface area contributed by atoms with Crippen LogP contribution in [0.25, 0.3) is 5.76 Å². The van der Waals surface area contributed by atoms with Gasteiger partial charge in [-0.1, -0.05) is 37.3 Å². The molecule has 34 heavy (non-hydrogen) atoms. The van der Waals surface area contributed by atoms with E-state index in [1.54, 1.807) is 36.7 Å². The number of aliphatic hydroxyl groups is 1. The predicted molar refractivity (Wildman–Crippen MR) is 125 cm³/mol. The fourth-order valence-corrected chi connectivity index (χ4v) is 4.36. The number of amides is 1. The highest BCUT2D eigenvalue weighted by atomic mass is 16.6. The summed E-state index contributed by atoms with van der Waals surface area (Å²) in [7, 11) is 0. The Labute approximate surface area is 197 Å². The van der Waals surface area contributed by atoms with Gasteiger partial charge in [-0.25, -0.2) is 0 Å². The number of aryl methyl sites for hydroxylation is 1. The van der Waals surface area contributed by atoms with Gasteiger partial charge in [0.15, 0.2) is 11.5 Å². The number of ether oxygens (including phenoxy) is 2. The van der Waals surface area contributed by atoms with Crippen LogP contribution >= 0.6 is 0 Å². The van der Waals surface area contributed by atoms with Crippen LogP contribution in [0, 0.1) is 0 Å². The Morgan fingerprint density at radius 2 is 1.79 bits per heavy atom. The first-order valence-corrected chi connectivity index (χ1v) is 11.2. The van der Waals surface area contributed by atoms with Gasteiger partial charge in [0.25, 0.3) is 11.7 Å². The van der Waals surface area contributed by atoms with Gasteiger partial charge < -0.3 is 19.5 Å². The number of hydrogen-bond donors (Lipinski definition) is 1. The molecule has 0 radical (unpaired) electrons. The topological polar surface area (TPSA) is 89.0 Å². The maximum absolute atomic E-state index is 13.2. The molecule has 0 spiro atoms. The SMILES string of the molecule is CCc1ccc(C2C(=C(O)c3ccc4c(c3)OCCO4)C(=O)C(=O)N2Cc2cccnc2)cc1. The van der Waals surface area contributed by atoms with Gasteiger partial charge in [0.1, 0.15) is 19.0 Å². The van der Waals surface area contributed by atoms with Gasteiger partial charge in [-0.3, -0.25) is 14.6 Å². The zero-order chi connectivity index (χ0) is 23.7. The van der Waals surface area contributed by atoms with Crippen LogP contribution in [-0.2, 0) is 22.6 Å². The molecule has 2 aliphatic heterocycles. The number of carbonyl (C=O) groups excluding carboxylic acids is 2. The number of aliphatic hydroxyl groups excluding tert-OH is 1. The Hall–Kier alpha value is -4.13. The number of likely N-dealkylation sites (tertiary alicyclic amines) is 1. The second kappa shape index (κ2) is 9.02. The van der Waals surface area contributed by atoms with E-state index in [4.69, 9.17) is 9.47 Å². The number of benzene rings is 2. The summed E-state index contributed by atoms with van der Waals surface area (Å²) in [6.45, 7) is 3.10. The van der Waals surface area contributed by atoms with Crippen LogP contribution < -0.4 is 9.47 Å². The third-order valence-electron chi connectivity index (χ3n) is 6.13. The molecule has 1 unspecified atom stereocenters. The Morgan fingerprint density at radius 3 is 2.50 bits per heavy atom. The van der Waals surface area contributed by atoms with E-state index in [2.05, 4.69) is 11.9 Å². The molecular weight excluding hydrogens is 432 g/mol. The Balaban J connectivity index is 1.62. The van der Waals surface area contributed by atoms with Gasteiger partial charge in [-0.05, 0) is 47.4 Å². The Kier molecular flexibility index (Phi) is 5.76. The number of nitrogens with zero attached hydrogens (tertiary/aromatic N) is 2. The quantitative estimate of drug-likeness (QED) is 0.354. The van der Waals surface area contributed by atoms with E-state index in [1.807, 2.05) is 30.3 Å². The lowest BCUT2D eigenvalue weighted by Crippen LogP contribution is -2.29. The summed E-state index contributed by atoms with van der Waals surface area (Å²) in [5.74, 6) is -0.558. The van der Waals surface area contributed by atoms with Crippen LogP contribution in [0.5, 0.6) is 11.5 Å². The van der Waals surface area contributed by atoms with Crippen LogP contribution in [0.15, 0.2) is 72.6 Å². The minimum absolute atomic E-state index is 0.0508. The number of aromatic nitrogens is 1. The molecule has 7 heteroatoms. The lowest BCUT2D eigenvalue weighted by molar-refractivity contribution is -0.140. The standard InChI is InChI=1S/C27H24N2O5/c1-2-17-5-7-19(8-6-17)24-23(25(30)20-9-10-21-22(14-20)34-13-12-33-21)26(31)27(32)29(24)16-18-4-3-11-28-15-18/h3-11,14-15,24,30H,2,12-13,16H2,1H3. The number of ketones is 1. The highest BCUT2D eigenvalue weighted by molar-refractivity contribution is 6.46. The second-order valence-electron chi connectivity index (χ2n) is 8.24. The summed E-state index contributed by atoms with van der Waals surface area (Å²) in [6, 6.07) is 15.7. The van der Waals surface area contributed by atoms with Crippen molar-refractivity contribution in [2.75, 3.05) is 13.2 Å². The van der Waals surface area contributed by atoms with Crippen molar-refractivity contribution >= 4 is 17.4 Å². The van der Waals surface area contributed by atoms with Crippen LogP contribution in [0.3, 0.4) is 0 Å². The molecule has 1 aromatic heterocycles. The number of Topliss-reactive ketones (excluding diaryl/α,β-unsaturated/α-hetero) is 1. The van der Waals surface area contributed by atoms with Gasteiger partial charge in [0.05, 0.1) is 11.6 Å². The first-order chi connectivity index (χ1) is 16.6. The summed E-state index contributed by atoms with van der Waals surface area (Å²) in [4.78, 5) is 32.0. The van der Waals surface area contributed by atoms with Gasteiger partial charge >= 0.3 is 0 Å². The number of carbonyl (C=O) groups is 2. The molecule has 7 nitrogen and oxygen atoms in total. The smallest absolute Gasteiger partial charge is 0.295 e. The molecule has 0 bridgehead atoms. The van der Waals surface area contributed by atoms with Crippen molar-refractivity contribution in [3.63, 3.8) is 0 Å². The summed E-state index contributed by atoms with van der Waals surface area (Å²) >= 11 is 0. The van der Waals surface area contributed by atoms with E-state index in [9.17, 15) is 14.7 Å². The first kappa shape index (κ1) is 21.7. The average Bonchev–Trinajstić information content (AvgIpc) is 3.13. The average molecular weight is 456 g/mol. The van der Waals surface area contributed by atoms with Crippen LogP contribution in [-0.4, -0.2) is 39.9 Å². The zero-order valence-electron chi connectivity index (χ0n) is 18.7. The van der Waals surface area contributed by atoms with Gasteiger partial charge in [0.2, 0.25) is 0 Å². The van der Waals surface area contributed by atoms with Crippen molar-refractivity contribution in [2.24, 2.45) is 0 Å². The number of pyridine rings is 1. The first-order valence-electron chi connectivity index (χ1n) is 11.2. The molecule has 1 saturated heterocycles. The molecule has 172 valence electrons. The summed E-state index contributed by atoms with van der Waals surface area (Å²) in [6.07, 6.45) is 4.19. The normalized spacial score (nSPS) is 18.9. The van der Waals surface area contributed by atoms with Crippen molar-refractivity contribution < 1.29 is 24.2 Å². The Bertz CT molecular complexity index is 1270. The number of fused-ring (bicyclic) bond motifs is 1. The van der Waals surface area contributed by atoms with Crippen molar-refractivity contribution in [2.45, 2.75) is 25.9 Å². The highest BCUT2D eigenvalue weighted by Crippen LogP contribution is 2.41. The van der Waals surface area contributed by atoms with Crippen molar-refractivity contribution in [3.8, 4) is 11.5 Å². The Morgan fingerprint density at radius 1 is 1.03 bits per heavy atom. The van der Waals surface area contributed by atoms with E-state index in [-0.39, 0.29) is 17.9 Å². The molecule has 1 fully saturated rings. The summed E-state index contributed by atoms with van der Waals surface area (Å²) < 4.78 is 11.2. The molecule has 2 aromatic carbocycles. The number of rotatable bonds is 5. The molecule has 0 aliphatic carbocycles. The molecule has 1 amide bonds. The number of hydrogen-bond acceptors (Lipinski definition) is 6. The van der Waals surface area contributed by atoms with E-state index in [1.165, 1.54) is 4.90 Å². The second-order valence-corrected chi connectivity index (χ2v) is 8.24. The van der Waals surface area contributed by atoms with Gasteiger partial charge in [-0.2, -0.15) is 0 Å². The molecule has 0 saturated carbocycles. The molecule has 3 aromatic rings. The van der Waals surface area contributed by atoms with E-state index in [0.717, 1.165) is 23.1 Å². The molecule has 3 heterocycles. The van der Waals surface area contributed by atoms with Crippen LogP contribution in [0.4, 0.5) is 0 Å². The van der Waals surface area contributed by atoms with Gasteiger partial charge in [-0.15, -0.1) is 0 Å². The largest absolute Gasteiger partial charge is 0.507 e. The van der Waals surface area contributed by atoms with Crippen LogP contribution in [0.2, 0.25) is 0 Å². The minimum atomic E-state index is -0.737. The lowest BCUT2D eigenvalue weighted by atomic mass is 9.94. The van der Waals surface area contributed by atoms with Crippen molar-refractivity contribution in [1.29, 1.82) is 0 Å².